The van der Waals surface area contributed by atoms with Gasteiger partial charge >= 0.3 is 0 Å². The van der Waals surface area contributed by atoms with E-state index in [0.717, 1.165) is 16.4 Å². The Hall–Kier alpha value is -1.79. The maximum absolute atomic E-state index is 12.4. The number of rotatable bonds is 4. The van der Waals surface area contributed by atoms with Crippen molar-refractivity contribution in [1.29, 1.82) is 0 Å². The van der Waals surface area contributed by atoms with E-state index in [0.29, 0.717) is 23.5 Å². The number of aryl methyl sites for hydroxylation is 1. The topological polar surface area (TPSA) is 67.2 Å². The molecule has 2 saturated heterocycles. The number of hydrogen-bond acceptors (Lipinski definition) is 5. The van der Waals surface area contributed by atoms with Crippen molar-refractivity contribution in [2.45, 2.75) is 54.3 Å². The van der Waals surface area contributed by atoms with Gasteiger partial charge in [-0.15, -0.1) is 0 Å². The van der Waals surface area contributed by atoms with Gasteiger partial charge in [0.15, 0.2) is 11.0 Å². The molecule has 23 heavy (non-hydrogen) atoms. The number of nitrogens with one attached hydrogen (secondary N) is 2. The van der Waals surface area contributed by atoms with Crippen LogP contribution in [0, 0.1) is 6.92 Å². The highest BCUT2D eigenvalue weighted by molar-refractivity contribution is 7.99. The molecule has 6 heteroatoms. The Morgan fingerprint density at radius 2 is 2.17 bits per heavy atom. The van der Waals surface area contributed by atoms with E-state index < -0.39 is 0 Å². The van der Waals surface area contributed by atoms with Gasteiger partial charge in [-0.1, -0.05) is 11.8 Å². The van der Waals surface area contributed by atoms with Crippen molar-refractivity contribution in [1.82, 2.24) is 15.6 Å². The molecule has 1 aromatic heterocycles. The molecule has 120 valence electrons. The first-order chi connectivity index (χ1) is 11.2. The summed E-state index contributed by atoms with van der Waals surface area (Å²) in [6.07, 6.45) is 5.17. The maximum atomic E-state index is 12.4. The van der Waals surface area contributed by atoms with Crippen LogP contribution in [0.4, 0.5) is 0 Å². The summed E-state index contributed by atoms with van der Waals surface area (Å²) in [5, 5.41) is 7.46. The molecule has 1 aromatic carbocycles. The monoisotopic (exact) mass is 329 g/mol. The third-order valence-corrected chi connectivity index (χ3v) is 5.45. The summed E-state index contributed by atoms with van der Waals surface area (Å²) in [7, 11) is 0. The van der Waals surface area contributed by atoms with Crippen LogP contribution in [-0.2, 0) is 0 Å². The van der Waals surface area contributed by atoms with E-state index >= 15 is 0 Å². The zero-order valence-electron chi connectivity index (χ0n) is 12.9. The molecule has 2 bridgehead atoms. The molecule has 2 aliphatic rings. The number of amides is 1. The summed E-state index contributed by atoms with van der Waals surface area (Å²) >= 11 is 1.50. The number of benzene rings is 1. The van der Waals surface area contributed by atoms with Gasteiger partial charge in [-0.05, 0) is 43.5 Å². The molecule has 1 amide bonds. The standard InChI is InChI=1S/C17H19N3O2S/c1-10-18-9-16(22-10)23-13-5-2-11(3-6-13)17(21)20-15-8-12-4-7-14(15)19-12/h2-3,5-6,9,12,14-15,19H,4,7-8H2,1H3,(H,20,21)/t12-,14+,15-/m1/s1. The summed E-state index contributed by atoms with van der Waals surface area (Å²) in [5.74, 6) is 0.666. The zero-order chi connectivity index (χ0) is 15.8. The summed E-state index contributed by atoms with van der Waals surface area (Å²) in [4.78, 5) is 17.5. The fourth-order valence-electron chi connectivity index (χ4n) is 3.41. The van der Waals surface area contributed by atoms with Crippen molar-refractivity contribution in [3.8, 4) is 0 Å². The molecule has 5 nitrogen and oxygen atoms in total. The van der Waals surface area contributed by atoms with Crippen molar-refractivity contribution in [3.05, 3.63) is 41.9 Å². The highest BCUT2D eigenvalue weighted by Crippen LogP contribution is 2.29. The number of fused-ring (bicyclic) bond motifs is 2. The van der Waals surface area contributed by atoms with E-state index in [-0.39, 0.29) is 11.9 Å². The first-order valence-electron chi connectivity index (χ1n) is 7.94. The van der Waals surface area contributed by atoms with Crippen LogP contribution < -0.4 is 10.6 Å². The predicted octanol–water partition coefficient (Wildman–Crippen LogP) is 2.76. The van der Waals surface area contributed by atoms with Gasteiger partial charge in [0.05, 0.1) is 6.20 Å². The van der Waals surface area contributed by atoms with E-state index in [2.05, 4.69) is 15.6 Å². The fourth-order valence-corrected chi connectivity index (χ4v) is 4.19. The summed E-state index contributed by atoms with van der Waals surface area (Å²) in [5.41, 5.74) is 0.700. The number of carbonyl (C=O) groups is 1. The van der Waals surface area contributed by atoms with Crippen LogP contribution >= 0.6 is 11.8 Å². The lowest BCUT2D eigenvalue weighted by atomic mass is 9.95. The molecule has 0 aliphatic carbocycles. The van der Waals surface area contributed by atoms with Crippen LogP contribution in [0.2, 0.25) is 0 Å². The molecule has 3 atom stereocenters. The summed E-state index contributed by atoms with van der Waals surface area (Å²) in [6, 6.07) is 8.92. The van der Waals surface area contributed by atoms with E-state index in [1.54, 1.807) is 6.20 Å². The van der Waals surface area contributed by atoms with Crippen LogP contribution in [0.3, 0.4) is 0 Å². The summed E-state index contributed by atoms with van der Waals surface area (Å²) in [6.45, 7) is 1.82. The molecular formula is C17H19N3O2S. The molecule has 2 aliphatic heterocycles. The second-order valence-electron chi connectivity index (χ2n) is 6.19. The quantitative estimate of drug-likeness (QED) is 0.903. The minimum Gasteiger partial charge on any atom is -0.434 e. The maximum Gasteiger partial charge on any atom is 0.251 e. The Bertz CT molecular complexity index is 713. The van der Waals surface area contributed by atoms with Crippen molar-refractivity contribution in [3.63, 3.8) is 0 Å². The molecule has 2 aromatic rings. The lowest BCUT2D eigenvalue weighted by Crippen LogP contribution is -2.42. The van der Waals surface area contributed by atoms with Crippen LogP contribution in [0.1, 0.15) is 35.5 Å². The molecule has 0 radical (unpaired) electrons. The second kappa shape index (κ2) is 6.02. The van der Waals surface area contributed by atoms with E-state index in [1.165, 1.54) is 24.6 Å². The molecule has 0 unspecified atom stereocenters. The molecular weight excluding hydrogens is 310 g/mol. The Morgan fingerprint density at radius 1 is 1.35 bits per heavy atom. The van der Waals surface area contributed by atoms with Gasteiger partial charge in [-0.25, -0.2) is 4.98 Å². The SMILES string of the molecule is Cc1ncc(Sc2ccc(C(=O)N[C@@H]3C[C@H]4CC[C@@H]3N4)cc2)o1. The van der Waals surface area contributed by atoms with Gasteiger partial charge in [0, 0.05) is 35.5 Å². The lowest BCUT2D eigenvalue weighted by Gasteiger charge is -2.21. The average Bonchev–Trinajstić information content (AvgIpc) is 3.25. The van der Waals surface area contributed by atoms with Crippen molar-refractivity contribution in [2.24, 2.45) is 0 Å². The van der Waals surface area contributed by atoms with Gasteiger partial charge in [0.1, 0.15) is 0 Å². The lowest BCUT2D eigenvalue weighted by molar-refractivity contribution is 0.0931. The first kappa shape index (κ1) is 14.8. The zero-order valence-corrected chi connectivity index (χ0v) is 13.7. The Labute approximate surface area is 139 Å². The highest BCUT2D eigenvalue weighted by atomic mass is 32.2. The minimum absolute atomic E-state index is 0.0106. The number of carbonyl (C=O) groups excluding carboxylic acids is 1. The smallest absolute Gasteiger partial charge is 0.251 e. The van der Waals surface area contributed by atoms with Crippen LogP contribution in [0.25, 0.3) is 0 Å². The predicted molar refractivity (Wildman–Crippen MR) is 87.6 cm³/mol. The molecule has 4 rings (SSSR count). The second-order valence-corrected chi connectivity index (χ2v) is 7.27. The normalized spacial score (nSPS) is 25.7. The molecule has 0 saturated carbocycles. The van der Waals surface area contributed by atoms with E-state index in [9.17, 15) is 4.79 Å². The third-order valence-electron chi connectivity index (χ3n) is 4.55. The largest absolute Gasteiger partial charge is 0.434 e. The summed E-state index contributed by atoms with van der Waals surface area (Å²) < 4.78 is 5.45. The Balaban J connectivity index is 1.38. The third kappa shape index (κ3) is 3.14. The molecule has 2 fully saturated rings. The average molecular weight is 329 g/mol. The number of oxazole rings is 1. The fraction of sp³-hybridized carbons (Fsp3) is 0.412. The molecule has 0 spiro atoms. The van der Waals surface area contributed by atoms with Gasteiger partial charge < -0.3 is 15.1 Å². The van der Waals surface area contributed by atoms with E-state index in [1.807, 2.05) is 31.2 Å². The van der Waals surface area contributed by atoms with E-state index in [4.69, 9.17) is 4.42 Å². The van der Waals surface area contributed by atoms with Gasteiger partial charge in [0.2, 0.25) is 0 Å². The van der Waals surface area contributed by atoms with Crippen LogP contribution in [0.5, 0.6) is 0 Å². The van der Waals surface area contributed by atoms with Crippen molar-refractivity contribution in [2.75, 3.05) is 0 Å². The van der Waals surface area contributed by atoms with Crippen molar-refractivity contribution < 1.29 is 9.21 Å². The Kier molecular flexibility index (Phi) is 3.87. The van der Waals surface area contributed by atoms with Crippen molar-refractivity contribution >= 4 is 17.7 Å². The van der Waals surface area contributed by atoms with Gasteiger partial charge in [-0.3, -0.25) is 4.79 Å². The minimum atomic E-state index is 0.0106. The first-order valence-corrected chi connectivity index (χ1v) is 8.76. The van der Waals surface area contributed by atoms with Gasteiger partial charge in [-0.2, -0.15) is 0 Å². The molecule has 2 N–H and O–H groups in total. The number of aromatic nitrogens is 1. The molecule has 3 heterocycles. The van der Waals surface area contributed by atoms with Crippen LogP contribution in [0.15, 0.2) is 44.9 Å². The van der Waals surface area contributed by atoms with Gasteiger partial charge in [0.25, 0.3) is 5.91 Å². The van der Waals surface area contributed by atoms with Crippen LogP contribution in [-0.4, -0.2) is 29.0 Å². The highest BCUT2D eigenvalue weighted by Gasteiger charge is 2.39. The number of hydrogen-bond donors (Lipinski definition) is 2. The number of nitrogens with zero attached hydrogens (tertiary/aromatic N) is 1. The Morgan fingerprint density at radius 3 is 2.78 bits per heavy atom.